The van der Waals surface area contributed by atoms with Crippen LogP contribution in [0.1, 0.15) is 6.42 Å². The lowest BCUT2D eigenvalue weighted by molar-refractivity contribution is 1.11. The first-order valence-electron chi connectivity index (χ1n) is 2.48. The van der Waals surface area contributed by atoms with Gasteiger partial charge in [-0.05, 0) is 11.6 Å². The SMILES string of the molecule is N#CCC1=CC=NC1. The molecule has 2 nitrogen and oxygen atoms in total. The Morgan fingerprint density at radius 3 is 3.25 bits per heavy atom. The fourth-order valence-corrected chi connectivity index (χ4v) is 0.597. The van der Waals surface area contributed by atoms with Crippen LogP contribution >= 0.6 is 0 Å². The van der Waals surface area contributed by atoms with Crippen molar-refractivity contribution in [2.24, 2.45) is 4.99 Å². The molecular formula is C6H6N2. The fraction of sp³-hybridized carbons (Fsp3) is 0.333. The molecule has 0 aromatic heterocycles. The first-order chi connectivity index (χ1) is 3.93. The molecule has 8 heavy (non-hydrogen) atoms. The van der Waals surface area contributed by atoms with E-state index in [1.165, 1.54) is 0 Å². The molecule has 1 heterocycles. The van der Waals surface area contributed by atoms with Crippen LogP contribution < -0.4 is 0 Å². The monoisotopic (exact) mass is 106 g/mol. The van der Waals surface area contributed by atoms with Crippen LogP contribution in [0.25, 0.3) is 0 Å². The maximum atomic E-state index is 8.18. The standard InChI is InChI=1S/C6H6N2/c7-3-1-6-2-4-8-5-6/h2,4H,1,5H2. The molecule has 0 saturated heterocycles. The summed E-state index contributed by atoms with van der Waals surface area (Å²) in [6.45, 7) is 0.730. The highest BCUT2D eigenvalue weighted by Gasteiger charge is 1.96. The van der Waals surface area contributed by atoms with E-state index in [0.29, 0.717) is 6.42 Å². The van der Waals surface area contributed by atoms with E-state index >= 15 is 0 Å². The van der Waals surface area contributed by atoms with E-state index in [9.17, 15) is 0 Å². The van der Waals surface area contributed by atoms with E-state index in [4.69, 9.17) is 5.26 Å². The second kappa shape index (κ2) is 2.27. The van der Waals surface area contributed by atoms with Crippen molar-refractivity contribution in [3.63, 3.8) is 0 Å². The Bertz CT molecular complexity index is 171. The Hall–Kier alpha value is -1.10. The Morgan fingerprint density at radius 1 is 1.88 bits per heavy atom. The molecule has 0 radical (unpaired) electrons. The first-order valence-corrected chi connectivity index (χ1v) is 2.48. The third-order valence-electron chi connectivity index (χ3n) is 1.02. The molecule has 0 saturated carbocycles. The maximum Gasteiger partial charge on any atom is 0.0667 e. The Balaban J connectivity index is 2.42. The van der Waals surface area contributed by atoms with Crippen molar-refractivity contribution in [3.8, 4) is 6.07 Å². The summed E-state index contributed by atoms with van der Waals surface area (Å²) < 4.78 is 0. The van der Waals surface area contributed by atoms with Crippen LogP contribution in [0.4, 0.5) is 0 Å². The van der Waals surface area contributed by atoms with Crippen LogP contribution in [0.3, 0.4) is 0 Å². The zero-order valence-corrected chi connectivity index (χ0v) is 4.46. The van der Waals surface area contributed by atoms with Crippen LogP contribution in [0, 0.1) is 11.3 Å². The summed E-state index contributed by atoms with van der Waals surface area (Å²) >= 11 is 0. The summed E-state index contributed by atoms with van der Waals surface area (Å²) in [6, 6.07) is 2.06. The minimum absolute atomic E-state index is 0.528. The quantitative estimate of drug-likeness (QED) is 0.489. The summed E-state index contributed by atoms with van der Waals surface area (Å²) in [6.07, 6.45) is 4.16. The summed E-state index contributed by atoms with van der Waals surface area (Å²) in [5.41, 5.74) is 1.12. The van der Waals surface area contributed by atoms with E-state index in [1.54, 1.807) is 6.21 Å². The largest absolute Gasteiger partial charge is 0.289 e. The number of allylic oxidation sites excluding steroid dienone is 1. The molecule has 1 aliphatic rings. The third-order valence-corrected chi connectivity index (χ3v) is 1.02. The second-order valence-electron chi connectivity index (χ2n) is 1.65. The Morgan fingerprint density at radius 2 is 2.75 bits per heavy atom. The molecule has 1 aliphatic heterocycles. The highest BCUT2D eigenvalue weighted by atomic mass is 14.7. The Kier molecular flexibility index (Phi) is 1.43. The van der Waals surface area contributed by atoms with Crippen molar-refractivity contribution in [3.05, 3.63) is 11.6 Å². The van der Waals surface area contributed by atoms with Crippen molar-refractivity contribution in [1.82, 2.24) is 0 Å². The molecule has 0 fully saturated rings. The van der Waals surface area contributed by atoms with Gasteiger partial charge in [-0.2, -0.15) is 5.26 Å². The predicted octanol–water partition coefficient (Wildman–Crippen LogP) is 0.911. The molecule has 0 atom stereocenters. The average Bonchev–Trinajstić information content (AvgIpc) is 2.19. The van der Waals surface area contributed by atoms with Gasteiger partial charge >= 0.3 is 0 Å². The molecule has 2 heteroatoms. The van der Waals surface area contributed by atoms with Gasteiger partial charge < -0.3 is 0 Å². The summed E-state index contributed by atoms with van der Waals surface area (Å²) in [5, 5.41) is 8.18. The van der Waals surface area contributed by atoms with Crippen LogP contribution in [0.2, 0.25) is 0 Å². The van der Waals surface area contributed by atoms with Crippen molar-refractivity contribution in [1.29, 1.82) is 5.26 Å². The lowest BCUT2D eigenvalue weighted by Crippen LogP contribution is -1.79. The number of hydrogen-bond donors (Lipinski definition) is 0. The van der Waals surface area contributed by atoms with Gasteiger partial charge in [0.15, 0.2) is 0 Å². The molecule has 0 unspecified atom stereocenters. The zero-order valence-electron chi connectivity index (χ0n) is 4.46. The summed E-state index contributed by atoms with van der Waals surface area (Å²) in [7, 11) is 0. The average molecular weight is 106 g/mol. The van der Waals surface area contributed by atoms with Gasteiger partial charge in [-0.3, -0.25) is 4.99 Å². The summed E-state index contributed by atoms with van der Waals surface area (Å²) in [5.74, 6) is 0. The van der Waals surface area contributed by atoms with Crippen molar-refractivity contribution >= 4 is 6.21 Å². The molecule has 0 bridgehead atoms. The van der Waals surface area contributed by atoms with Gasteiger partial charge in [0.25, 0.3) is 0 Å². The van der Waals surface area contributed by atoms with Gasteiger partial charge in [-0.25, -0.2) is 0 Å². The van der Waals surface area contributed by atoms with Gasteiger partial charge in [-0.15, -0.1) is 0 Å². The minimum atomic E-state index is 0.528. The van der Waals surface area contributed by atoms with E-state index in [0.717, 1.165) is 12.1 Å². The Labute approximate surface area is 48.2 Å². The predicted molar refractivity (Wildman–Crippen MR) is 31.7 cm³/mol. The number of rotatable bonds is 1. The maximum absolute atomic E-state index is 8.18. The van der Waals surface area contributed by atoms with Crippen LogP contribution in [0.15, 0.2) is 16.6 Å². The van der Waals surface area contributed by atoms with Crippen molar-refractivity contribution < 1.29 is 0 Å². The third kappa shape index (κ3) is 0.941. The zero-order chi connectivity index (χ0) is 5.82. The van der Waals surface area contributed by atoms with Crippen molar-refractivity contribution in [2.75, 3.05) is 6.54 Å². The summed E-state index contributed by atoms with van der Waals surface area (Å²) in [4.78, 5) is 3.91. The van der Waals surface area contributed by atoms with Gasteiger partial charge in [0.2, 0.25) is 0 Å². The number of nitrogens with zero attached hydrogens (tertiary/aromatic N) is 2. The lowest BCUT2D eigenvalue weighted by Gasteiger charge is -1.85. The lowest BCUT2D eigenvalue weighted by atomic mass is 10.2. The van der Waals surface area contributed by atoms with E-state index in [-0.39, 0.29) is 0 Å². The fourth-order valence-electron chi connectivity index (χ4n) is 0.597. The number of hydrogen-bond acceptors (Lipinski definition) is 2. The van der Waals surface area contributed by atoms with E-state index in [2.05, 4.69) is 11.1 Å². The molecule has 40 valence electrons. The highest BCUT2D eigenvalue weighted by molar-refractivity contribution is 5.75. The minimum Gasteiger partial charge on any atom is -0.289 e. The van der Waals surface area contributed by atoms with Crippen LogP contribution in [0.5, 0.6) is 0 Å². The smallest absolute Gasteiger partial charge is 0.0667 e. The molecule has 0 amide bonds. The molecule has 1 rings (SSSR count). The van der Waals surface area contributed by atoms with Crippen LogP contribution in [-0.2, 0) is 0 Å². The topological polar surface area (TPSA) is 36.1 Å². The molecule has 0 aromatic carbocycles. The van der Waals surface area contributed by atoms with Gasteiger partial charge in [-0.1, -0.05) is 0 Å². The number of aliphatic imine (C=N–C) groups is 1. The molecular weight excluding hydrogens is 100 g/mol. The second-order valence-corrected chi connectivity index (χ2v) is 1.65. The van der Waals surface area contributed by atoms with Crippen LogP contribution in [-0.4, -0.2) is 12.8 Å². The van der Waals surface area contributed by atoms with E-state index in [1.807, 2.05) is 6.08 Å². The van der Waals surface area contributed by atoms with Gasteiger partial charge in [0, 0.05) is 6.21 Å². The van der Waals surface area contributed by atoms with E-state index < -0.39 is 0 Å². The molecule has 0 spiro atoms. The normalized spacial score (nSPS) is 15.6. The molecule has 0 aliphatic carbocycles. The van der Waals surface area contributed by atoms with Gasteiger partial charge in [0.1, 0.15) is 0 Å². The highest BCUT2D eigenvalue weighted by Crippen LogP contribution is 2.03. The number of nitriles is 1. The molecule has 0 aromatic rings. The van der Waals surface area contributed by atoms with Crippen molar-refractivity contribution in [2.45, 2.75) is 6.42 Å². The van der Waals surface area contributed by atoms with Gasteiger partial charge in [0.05, 0.1) is 19.0 Å². The first kappa shape index (κ1) is 5.04. The molecule has 0 N–H and O–H groups in total.